The molecule has 0 aliphatic rings. The molecule has 0 saturated carbocycles. The number of alkyl halides is 2. The van der Waals surface area contributed by atoms with Gasteiger partial charge in [0.05, 0.1) is 0 Å². The molecule has 0 bridgehead atoms. The van der Waals surface area contributed by atoms with Crippen LogP contribution in [0.1, 0.15) is 19.4 Å². The van der Waals surface area contributed by atoms with Crippen LogP contribution >= 0.6 is 11.6 Å². The molecule has 0 aliphatic carbocycles. The van der Waals surface area contributed by atoms with Crippen LogP contribution in [0.3, 0.4) is 0 Å². The smallest absolute Gasteiger partial charge is 0.387 e. The van der Waals surface area contributed by atoms with Crippen molar-refractivity contribution in [2.24, 2.45) is 11.1 Å². The highest BCUT2D eigenvalue weighted by atomic mass is 35.5. The first-order chi connectivity index (χ1) is 9.23. The summed E-state index contributed by atoms with van der Waals surface area (Å²) in [7, 11) is 1.91. The van der Waals surface area contributed by atoms with Crippen LogP contribution in [-0.4, -0.2) is 31.6 Å². The third-order valence-electron chi connectivity index (χ3n) is 2.93. The van der Waals surface area contributed by atoms with Gasteiger partial charge in [0.25, 0.3) is 0 Å². The van der Waals surface area contributed by atoms with Crippen molar-refractivity contribution < 1.29 is 13.5 Å². The van der Waals surface area contributed by atoms with Crippen LogP contribution in [0.25, 0.3) is 0 Å². The molecular weight excluding hydrogens is 286 g/mol. The molecule has 0 aromatic heterocycles. The zero-order valence-corrected chi connectivity index (χ0v) is 12.8. The minimum Gasteiger partial charge on any atom is -0.434 e. The third-order valence-corrected chi connectivity index (χ3v) is 3.16. The minimum atomic E-state index is -2.85. The van der Waals surface area contributed by atoms with E-state index in [9.17, 15) is 8.78 Å². The van der Waals surface area contributed by atoms with E-state index in [0.29, 0.717) is 23.7 Å². The van der Waals surface area contributed by atoms with Gasteiger partial charge in [-0.25, -0.2) is 0 Å². The summed E-state index contributed by atoms with van der Waals surface area (Å²) in [6.07, 6.45) is 0. The molecule has 0 amide bonds. The molecule has 114 valence electrons. The first-order valence-corrected chi connectivity index (χ1v) is 6.73. The highest BCUT2D eigenvalue weighted by Gasteiger charge is 2.19. The Morgan fingerprint density at radius 1 is 1.40 bits per heavy atom. The van der Waals surface area contributed by atoms with Gasteiger partial charge in [0, 0.05) is 23.7 Å². The molecule has 0 unspecified atom stereocenters. The van der Waals surface area contributed by atoms with Crippen molar-refractivity contribution in [2.45, 2.75) is 27.0 Å². The molecule has 6 heteroatoms. The lowest BCUT2D eigenvalue weighted by Crippen LogP contribution is -2.36. The Morgan fingerprint density at radius 2 is 2.05 bits per heavy atom. The van der Waals surface area contributed by atoms with Crippen molar-refractivity contribution in [1.82, 2.24) is 4.90 Å². The van der Waals surface area contributed by atoms with E-state index in [1.807, 2.05) is 11.9 Å². The predicted molar refractivity (Wildman–Crippen MR) is 77.3 cm³/mol. The molecule has 0 saturated heterocycles. The van der Waals surface area contributed by atoms with Gasteiger partial charge < -0.3 is 15.4 Å². The van der Waals surface area contributed by atoms with E-state index in [1.54, 1.807) is 6.07 Å². The van der Waals surface area contributed by atoms with Crippen molar-refractivity contribution in [3.05, 3.63) is 28.8 Å². The van der Waals surface area contributed by atoms with Crippen LogP contribution in [0, 0.1) is 5.41 Å². The standard InChI is InChI=1S/C14H21ClF2N2O/c1-14(2,8-18)9-19(3)7-10-6-11(15)4-5-12(10)20-13(16)17/h4-6,13H,7-9,18H2,1-3H3. The van der Waals surface area contributed by atoms with Crippen LogP contribution in [0.2, 0.25) is 5.02 Å². The van der Waals surface area contributed by atoms with Gasteiger partial charge in [-0.3, -0.25) is 0 Å². The van der Waals surface area contributed by atoms with E-state index in [4.69, 9.17) is 17.3 Å². The quantitative estimate of drug-likeness (QED) is 0.839. The van der Waals surface area contributed by atoms with E-state index in [0.717, 1.165) is 6.54 Å². The van der Waals surface area contributed by atoms with Gasteiger partial charge in [-0.05, 0) is 37.2 Å². The average molecular weight is 307 g/mol. The van der Waals surface area contributed by atoms with E-state index in [1.165, 1.54) is 12.1 Å². The summed E-state index contributed by atoms with van der Waals surface area (Å²) < 4.78 is 29.3. The van der Waals surface area contributed by atoms with E-state index in [2.05, 4.69) is 18.6 Å². The first-order valence-electron chi connectivity index (χ1n) is 6.35. The number of hydrogen-bond acceptors (Lipinski definition) is 3. The van der Waals surface area contributed by atoms with E-state index >= 15 is 0 Å². The van der Waals surface area contributed by atoms with Crippen LogP contribution in [0.5, 0.6) is 5.75 Å². The van der Waals surface area contributed by atoms with Crippen LogP contribution in [0.15, 0.2) is 18.2 Å². The topological polar surface area (TPSA) is 38.5 Å². The fraction of sp³-hybridized carbons (Fsp3) is 0.571. The zero-order valence-electron chi connectivity index (χ0n) is 12.0. The number of ether oxygens (including phenoxy) is 1. The summed E-state index contributed by atoms with van der Waals surface area (Å²) in [6.45, 7) is 3.01. The molecule has 1 aromatic carbocycles. The molecule has 0 aliphatic heterocycles. The molecule has 2 N–H and O–H groups in total. The molecule has 0 heterocycles. The Bertz CT molecular complexity index is 441. The fourth-order valence-electron chi connectivity index (χ4n) is 2.02. The van der Waals surface area contributed by atoms with Gasteiger partial charge >= 0.3 is 6.61 Å². The molecule has 1 aromatic rings. The molecule has 0 radical (unpaired) electrons. The van der Waals surface area contributed by atoms with Gasteiger partial charge in [-0.2, -0.15) is 8.78 Å². The molecule has 0 spiro atoms. The molecule has 0 fully saturated rings. The molecular formula is C14H21ClF2N2O. The van der Waals surface area contributed by atoms with Crippen molar-refractivity contribution >= 4 is 11.6 Å². The Kier molecular flexibility index (Phi) is 6.17. The lowest BCUT2D eigenvalue weighted by molar-refractivity contribution is -0.0507. The van der Waals surface area contributed by atoms with Crippen molar-refractivity contribution in [2.75, 3.05) is 20.1 Å². The summed E-state index contributed by atoms with van der Waals surface area (Å²) in [5.74, 6) is 0.154. The molecule has 20 heavy (non-hydrogen) atoms. The van der Waals surface area contributed by atoms with Gasteiger partial charge in [-0.1, -0.05) is 25.4 Å². The maximum atomic E-state index is 12.4. The lowest BCUT2D eigenvalue weighted by atomic mass is 9.93. The van der Waals surface area contributed by atoms with Crippen LogP contribution < -0.4 is 10.5 Å². The largest absolute Gasteiger partial charge is 0.434 e. The van der Waals surface area contributed by atoms with Crippen molar-refractivity contribution in [1.29, 1.82) is 0 Å². The maximum absolute atomic E-state index is 12.4. The Balaban J connectivity index is 2.82. The van der Waals surface area contributed by atoms with Crippen LogP contribution in [-0.2, 0) is 6.54 Å². The maximum Gasteiger partial charge on any atom is 0.387 e. The number of rotatable bonds is 7. The van der Waals surface area contributed by atoms with Gasteiger partial charge in [0.2, 0.25) is 0 Å². The van der Waals surface area contributed by atoms with Gasteiger partial charge in [0.15, 0.2) is 0 Å². The van der Waals surface area contributed by atoms with Gasteiger partial charge in [-0.15, -0.1) is 0 Å². The third kappa shape index (κ3) is 5.61. The predicted octanol–water partition coefficient (Wildman–Crippen LogP) is 3.36. The Morgan fingerprint density at radius 3 is 2.60 bits per heavy atom. The fourth-order valence-corrected chi connectivity index (χ4v) is 2.22. The van der Waals surface area contributed by atoms with E-state index < -0.39 is 6.61 Å². The number of hydrogen-bond donors (Lipinski definition) is 1. The molecule has 1 rings (SSSR count). The van der Waals surface area contributed by atoms with Crippen molar-refractivity contribution in [3.8, 4) is 5.75 Å². The normalized spacial score (nSPS) is 12.2. The second kappa shape index (κ2) is 7.20. The first kappa shape index (κ1) is 17.1. The second-order valence-corrected chi connectivity index (χ2v) is 6.11. The minimum absolute atomic E-state index is 0.0446. The molecule has 0 atom stereocenters. The van der Waals surface area contributed by atoms with Gasteiger partial charge in [0.1, 0.15) is 5.75 Å². The Hall–Kier alpha value is -0.910. The molecule has 3 nitrogen and oxygen atoms in total. The zero-order chi connectivity index (χ0) is 15.3. The number of halogens is 3. The number of nitrogens with zero attached hydrogens (tertiary/aromatic N) is 1. The summed E-state index contributed by atoms with van der Waals surface area (Å²) >= 11 is 5.92. The monoisotopic (exact) mass is 306 g/mol. The number of nitrogens with two attached hydrogens (primary N) is 1. The number of benzene rings is 1. The summed E-state index contributed by atoms with van der Waals surface area (Å²) in [5.41, 5.74) is 6.28. The van der Waals surface area contributed by atoms with E-state index in [-0.39, 0.29) is 11.2 Å². The summed E-state index contributed by atoms with van der Waals surface area (Å²) in [6, 6.07) is 4.64. The Labute approximate surface area is 123 Å². The summed E-state index contributed by atoms with van der Waals surface area (Å²) in [5, 5.41) is 0.494. The second-order valence-electron chi connectivity index (χ2n) is 5.67. The summed E-state index contributed by atoms with van der Waals surface area (Å²) in [4.78, 5) is 2.01. The van der Waals surface area contributed by atoms with Crippen LogP contribution in [0.4, 0.5) is 8.78 Å². The van der Waals surface area contributed by atoms with Crippen molar-refractivity contribution in [3.63, 3.8) is 0 Å². The lowest BCUT2D eigenvalue weighted by Gasteiger charge is -2.29. The highest BCUT2D eigenvalue weighted by Crippen LogP contribution is 2.26. The SMILES string of the molecule is CN(Cc1cc(Cl)ccc1OC(F)F)CC(C)(C)CN. The average Bonchev–Trinajstić information content (AvgIpc) is 2.31. The highest BCUT2D eigenvalue weighted by molar-refractivity contribution is 6.30.